The molecule has 0 saturated carbocycles. The molecule has 0 fully saturated rings. The topological polar surface area (TPSA) is 52.8 Å². The Bertz CT molecular complexity index is 223. The molecule has 0 saturated heterocycles. The van der Waals surface area contributed by atoms with Gasteiger partial charge < -0.3 is 4.74 Å². The average Bonchev–Trinajstić information content (AvgIpc) is 2.37. The third kappa shape index (κ3) is 4.20. The second-order valence-electron chi connectivity index (χ2n) is 1.65. The van der Waals surface area contributed by atoms with Gasteiger partial charge in [-0.15, -0.1) is 5.10 Å². The summed E-state index contributed by atoms with van der Waals surface area (Å²) in [4.78, 5) is 0. The van der Waals surface area contributed by atoms with Crippen LogP contribution in [0.5, 0.6) is 0 Å². The van der Waals surface area contributed by atoms with Crippen LogP contribution in [0.1, 0.15) is 0 Å². The van der Waals surface area contributed by atoms with E-state index in [0.717, 1.165) is 5.16 Å². The zero-order valence-electron chi connectivity index (χ0n) is 6.47. The maximum Gasteiger partial charge on any atom is 0.211 e. The van der Waals surface area contributed by atoms with Gasteiger partial charge in [0.05, 0.1) is 5.94 Å². The van der Waals surface area contributed by atoms with Crippen LogP contribution in [0.3, 0.4) is 0 Å². The van der Waals surface area contributed by atoms with Gasteiger partial charge in [-0.3, -0.25) is 9.24 Å². The monoisotopic (exact) mass is 429 g/mol. The third-order valence-corrected chi connectivity index (χ3v) is 1.98. The Hall–Kier alpha value is 0.862. The standard InChI is InChI=1S/C4H8N4OPS.U/c1-8-4(5-6-7-8)11-3-9-2-10;/h2H,3,10H2,1H3;/q-1;. The number of ether oxygens (including phenoxy) is 1. The summed E-state index contributed by atoms with van der Waals surface area (Å²) in [6.45, 7) is 0. The van der Waals surface area contributed by atoms with Gasteiger partial charge in [-0.05, 0) is 10.4 Å². The molecule has 66 valence electrons. The molecule has 0 amide bonds. The van der Waals surface area contributed by atoms with E-state index in [9.17, 15) is 0 Å². The molecule has 5 nitrogen and oxygen atoms in total. The second-order valence-corrected chi connectivity index (χ2v) is 2.81. The van der Waals surface area contributed by atoms with Crippen molar-refractivity contribution < 1.29 is 35.9 Å². The van der Waals surface area contributed by atoms with Gasteiger partial charge in [-0.2, -0.15) is 6.35 Å². The van der Waals surface area contributed by atoms with Gasteiger partial charge in [0.25, 0.3) is 0 Å². The van der Waals surface area contributed by atoms with Crippen molar-refractivity contribution in [3.05, 3.63) is 6.35 Å². The van der Waals surface area contributed by atoms with E-state index in [0.29, 0.717) is 5.94 Å². The molecule has 1 aromatic rings. The molecule has 1 aromatic heterocycles. The summed E-state index contributed by atoms with van der Waals surface area (Å²) in [6.07, 6.45) is 1.55. The number of rotatable bonds is 4. The molecule has 8 heteroatoms. The molecule has 12 heavy (non-hydrogen) atoms. The predicted octanol–water partition coefficient (Wildman–Crippen LogP) is 0.271. The van der Waals surface area contributed by atoms with Crippen molar-refractivity contribution in [3.63, 3.8) is 0 Å². The first-order valence-electron chi connectivity index (χ1n) is 2.84. The molecule has 0 aliphatic rings. The average molecular weight is 429 g/mol. The van der Waals surface area contributed by atoms with Gasteiger partial charge in [0.15, 0.2) is 0 Å². The minimum Gasteiger partial charge on any atom is -0.540 e. The molecule has 0 spiro atoms. The molecule has 0 aliphatic carbocycles. The maximum absolute atomic E-state index is 4.95. The number of nitrogens with zero attached hydrogens (tertiary/aromatic N) is 4. The smallest absolute Gasteiger partial charge is 0.211 e. The normalized spacial score (nSPS) is 9.50. The van der Waals surface area contributed by atoms with E-state index < -0.39 is 0 Å². The number of thioether (sulfide) groups is 1. The zero-order valence-corrected chi connectivity index (χ0v) is 12.6. The van der Waals surface area contributed by atoms with Crippen molar-refractivity contribution in [1.82, 2.24) is 20.2 Å². The molecule has 0 aliphatic heterocycles. The summed E-state index contributed by atoms with van der Waals surface area (Å²) in [6, 6.07) is 0. The summed E-state index contributed by atoms with van der Waals surface area (Å²) in [5.74, 6) is 0.526. The van der Waals surface area contributed by atoms with Crippen LogP contribution in [-0.2, 0) is 11.8 Å². The first kappa shape index (κ1) is 12.9. The fourth-order valence-corrected chi connectivity index (χ4v) is 1.27. The first-order chi connectivity index (χ1) is 5.34. The van der Waals surface area contributed by atoms with Crippen LogP contribution in [0.15, 0.2) is 5.16 Å². The van der Waals surface area contributed by atoms with Crippen molar-refractivity contribution in [2.24, 2.45) is 7.05 Å². The van der Waals surface area contributed by atoms with Gasteiger partial charge in [-0.1, -0.05) is 11.8 Å². The molecule has 1 heterocycles. The quantitative estimate of drug-likeness (QED) is 0.226. The molecule has 0 bridgehead atoms. The Labute approximate surface area is 101 Å². The fourth-order valence-electron chi connectivity index (χ4n) is 0.470. The SMILES string of the molecule is Cn1nnnc1SCO[CH-]P.[U]. The van der Waals surface area contributed by atoms with Crippen LogP contribution in [0.4, 0.5) is 0 Å². The second kappa shape index (κ2) is 7.28. The van der Waals surface area contributed by atoms with Crippen LogP contribution in [-0.4, -0.2) is 26.1 Å². The summed E-state index contributed by atoms with van der Waals surface area (Å²) < 4.78 is 6.55. The van der Waals surface area contributed by atoms with E-state index in [4.69, 9.17) is 4.74 Å². The van der Waals surface area contributed by atoms with Crippen molar-refractivity contribution in [3.8, 4) is 0 Å². The van der Waals surface area contributed by atoms with E-state index in [2.05, 4.69) is 24.8 Å². The van der Waals surface area contributed by atoms with E-state index in [-0.39, 0.29) is 31.1 Å². The third-order valence-electron chi connectivity index (χ3n) is 0.934. The minimum atomic E-state index is 0. The zero-order chi connectivity index (χ0) is 8.10. The van der Waals surface area contributed by atoms with Crippen molar-refractivity contribution in [2.45, 2.75) is 5.16 Å². The van der Waals surface area contributed by atoms with Crippen LogP contribution in [0.25, 0.3) is 0 Å². The molecule has 1 rings (SSSR count). The predicted molar refractivity (Wildman–Crippen MR) is 44.6 cm³/mol. The summed E-state index contributed by atoms with van der Waals surface area (Å²) in [5, 5.41) is 11.6. The largest absolute Gasteiger partial charge is 0.540 e. The minimum absolute atomic E-state index is 0. The van der Waals surface area contributed by atoms with Gasteiger partial charge in [0, 0.05) is 38.2 Å². The number of aryl methyl sites for hydroxylation is 1. The molecular weight excluding hydrogens is 421 g/mol. The van der Waals surface area contributed by atoms with E-state index in [1.807, 2.05) is 0 Å². The molecule has 1 atom stereocenters. The van der Waals surface area contributed by atoms with Crippen molar-refractivity contribution in [1.29, 1.82) is 0 Å². The van der Waals surface area contributed by atoms with Gasteiger partial charge in [-0.25, -0.2) is 4.68 Å². The number of hydrogen-bond donors (Lipinski definition) is 0. The van der Waals surface area contributed by atoms with Gasteiger partial charge >= 0.3 is 0 Å². The van der Waals surface area contributed by atoms with Crippen molar-refractivity contribution >= 4 is 21.0 Å². The van der Waals surface area contributed by atoms with E-state index in [1.165, 1.54) is 11.8 Å². The van der Waals surface area contributed by atoms with Crippen molar-refractivity contribution in [2.75, 3.05) is 5.94 Å². The molecule has 0 radical (unpaired) electrons. The molecule has 1 unspecified atom stereocenters. The summed E-state index contributed by atoms with van der Waals surface area (Å²) in [5.41, 5.74) is 0. The van der Waals surface area contributed by atoms with Crippen LogP contribution >= 0.6 is 21.0 Å². The summed E-state index contributed by atoms with van der Waals surface area (Å²) in [7, 11) is 4.14. The van der Waals surface area contributed by atoms with Gasteiger partial charge in [0.2, 0.25) is 5.16 Å². The Morgan fingerprint density at radius 1 is 1.75 bits per heavy atom. The van der Waals surface area contributed by atoms with E-state index in [1.54, 1.807) is 18.1 Å². The summed E-state index contributed by atoms with van der Waals surface area (Å²) >= 11 is 1.44. The number of hydrogen-bond acceptors (Lipinski definition) is 5. The van der Waals surface area contributed by atoms with Crippen LogP contribution in [0.2, 0.25) is 0 Å². The Balaban J connectivity index is 0.00000121. The Morgan fingerprint density at radius 2 is 2.50 bits per heavy atom. The molecule has 0 N–H and O–H groups in total. The van der Waals surface area contributed by atoms with Gasteiger partial charge in [0.1, 0.15) is 0 Å². The Morgan fingerprint density at radius 3 is 3.00 bits per heavy atom. The molecule has 0 aromatic carbocycles. The number of tetrazole rings is 1. The number of aromatic nitrogens is 4. The molecular formula is C4H8N4OPSU-. The maximum atomic E-state index is 4.95. The fraction of sp³-hybridized carbons (Fsp3) is 0.500. The van der Waals surface area contributed by atoms with Crippen LogP contribution < -0.4 is 0 Å². The first-order valence-corrected chi connectivity index (χ1v) is 4.50. The Kier molecular flexibility index (Phi) is 7.81. The van der Waals surface area contributed by atoms with E-state index >= 15 is 0 Å². The van der Waals surface area contributed by atoms with Crippen LogP contribution in [0, 0.1) is 37.5 Å².